The summed E-state index contributed by atoms with van der Waals surface area (Å²) in [7, 11) is 0. The van der Waals surface area contributed by atoms with Gasteiger partial charge in [-0.1, -0.05) is 55.7 Å². The number of amides is 1. The third kappa shape index (κ3) is 3.60. The molecule has 0 saturated carbocycles. The number of nitrogens with one attached hydrogen (secondary N) is 1. The largest absolute Gasteiger partial charge is 0.334 e. The Morgan fingerprint density at radius 1 is 1.15 bits per heavy atom. The maximum absolute atomic E-state index is 14.0. The smallest absolute Gasteiger partial charge is 0.258 e. The summed E-state index contributed by atoms with van der Waals surface area (Å²) in [6, 6.07) is 11.2. The molecule has 0 radical (unpaired) electrons. The topological polar surface area (TPSA) is 68.0 Å². The van der Waals surface area contributed by atoms with Crippen molar-refractivity contribution in [3.63, 3.8) is 0 Å². The molecule has 0 fully saturated rings. The number of hydrogen-bond donors (Lipinski definition) is 1. The summed E-state index contributed by atoms with van der Waals surface area (Å²) in [6.45, 7) is 5.88. The van der Waals surface area contributed by atoms with Crippen LogP contribution in [0.25, 0.3) is 11.5 Å². The standard InChI is InChI=1S/C19H17ClFN3O2/c1-19(2,3)18-23-17(26-24-18)12-8-5-4-7-11(12)16(25)22-14-10-6-9-13(20)15(14)21/h4-10H,1-3H3,(H,22,25). The van der Waals surface area contributed by atoms with E-state index < -0.39 is 11.7 Å². The first kappa shape index (κ1) is 18.1. The van der Waals surface area contributed by atoms with Crippen molar-refractivity contribution in [3.05, 3.63) is 64.7 Å². The van der Waals surface area contributed by atoms with Crippen molar-refractivity contribution in [1.29, 1.82) is 0 Å². The summed E-state index contributed by atoms with van der Waals surface area (Å²) >= 11 is 5.76. The molecule has 134 valence electrons. The predicted octanol–water partition coefficient (Wildman–Crippen LogP) is 5.08. The van der Waals surface area contributed by atoms with Gasteiger partial charge in [0.15, 0.2) is 11.6 Å². The summed E-state index contributed by atoms with van der Waals surface area (Å²) in [5.74, 6) is -0.430. The molecule has 0 unspecified atom stereocenters. The Bertz CT molecular complexity index is 963. The highest BCUT2D eigenvalue weighted by molar-refractivity contribution is 6.31. The van der Waals surface area contributed by atoms with Crippen LogP contribution in [0.5, 0.6) is 0 Å². The minimum absolute atomic E-state index is 0.00165. The molecule has 26 heavy (non-hydrogen) atoms. The first-order valence-electron chi connectivity index (χ1n) is 7.96. The summed E-state index contributed by atoms with van der Waals surface area (Å²) in [4.78, 5) is 17.0. The van der Waals surface area contributed by atoms with Gasteiger partial charge in [-0.2, -0.15) is 4.98 Å². The first-order valence-corrected chi connectivity index (χ1v) is 8.34. The molecule has 1 aromatic heterocycles. The quantitative estimate of drug-likeness (QED) is 0.695. The van der Waals surface area contributed by atoms with Crippen LogP contribution in [0.3, 0.4) is 0 Å². The molecule has 0 bridgehead atoms. The summed E-state index contributed by atoms with van der Waals surface area (Å²) in [5.41, 5.74) is 0.465. The highest BCUT2D eigenvalue weighted by Crippen LogP contribution is 2.28. The SMILES string of the molecule is CC(C)(C)c1noc(-c2ccccc2C(=O)Nc2cccc(Cl)c2F)n1. The van der Waals surface area contributed by atoms with E-state index in [9.17, 15) is 9.18 Å². The van der Waals surface area contributed by atoms with Crippen LogP contribution in [-0.4, -0.2) is 16.0 Å². The fraction of sp³-hybridized carbons (Fsp3) is 0.211. The van der Waals surface area contributed by atoms with E-state index in [0.29, 0.717) is 11.4 Å². The van der Waals surface area contributed by atoms with Gasteiger partial charge in [0.1, 0.15) is 0 Å². The van der Waals surface area contributed by atoms with Crippen LogP contribution in [0.15, 0.2) is 47.0 Å². The lowest BCUT2D eigenvalue weighted by Gasteiger charge is -2.11. The van der Waals surface area contributed by atoms with E-state index in [1.54, 1.807) is 30.3 Å². The monoisotopic (exact) mass is 373 g/mol. The summed E-state index contributed by atoms with van der Waals surface area (Å²) < 4.78 is 19.4. The molecule has 5 nitrogen and oxygen atoms in total. The zero-order valence-electron chi connectivity index (χ0n) is 14.5. The van der Waals surface area contributed by atoms with E-state index in [1.807, 2.05) is 20.8 Å². The minimum atomic E-state index is -0.687. The summed E-state index contributed by atoms with van der Waals surface area (Å²) in [5, 5.41) is 6.44. The van der Waals surface area contributed by atoms with Crippen LogP contribution in [0.2, 0.25) is 5.02 Å². The maximum atomic E-state index is 14.0. The lowest BCUT2D eigenvalue weighted by molar-refractivity contribution is 0.102. The number of carbonyl (C=O) groups is 1. The van der Waals surface area contributed by atoms with E-state index in [2.05, 4.69) is 15.5 Å². The Balaban J connectivity index is 1.95. The van der Waals surface area contributed by atoms with Gasteiger partial charge in [-0.05, 0) is 24.3 Å². The Hall–Kier alpha value is -2.73. The average molecular weight is 374 g/mol. The lowest BCUT2D eigenvalue weighted by atomic mass is 9.96. The van der Waals surface area contributed by atoms with Crippen LogP contribution in [0, 0.1) is 5.82 Å². The van der Waals surface area contributed by atoms with Gasteiger partial charge in [-0.15, -0.1) is 0 Å². The Morgan fingerprint density at radius 3 is 2.58 bits per heavy atom. The minimum Gasteiger partial charge on any atom is -0.334 e. The second kappa shape index (κ2) is 6.88. The number of nitrogens with zero attached hydrogens (tertiary/aromatic N) is 2. The molecule has 0 aliphatic rings. The van der Waals surface area contributed by atoms with Crippen molar-refractivity contribution >= 4 is 23.2 Å². The summed E-state index contributed by atoms with van der Waals surface area (Å²) in [6.07, 6.45) is 0. The number of carbonyl (C=O) groups excluding carboxylic acids is 1. The molecular weight excluding hydrogens is 357 g/mol. The zero-order chi connectivity index (χ0) is 18.9. The Labute approximate surface area is 155 Å². The van der Waals surface area contributed by atoms with Crippen molar-refractivity contribution in [3.8, 4) is 11.5 Å². The molecule has 2 aromatic carbocycles. The molecule has 7 heteroatoms. The van der Waals surface area contributed by atoms with Crippen molar-refractivity contribution < 1.29 is 13.7 Å². The number of benzene rings is 2. The molecule has 1 amide bonds. The number of rotatable bonds is 3. The lowest BCUT2D eigenvalue weighted by Crippen LogP contribution is -2.15. The van der Waals surface area contributed by atoms with Crippen LogP contribution in [0.1, 0.15) is 37.0 Å². The Morgan fingerprint density at radius 2 is 1.88 bits per heavy atom. The van der Waals surface area contributed by atoms with Gasteiger partial charge in [-0.3, -0.25) is 4.79 Å². The number of hydrogen-bond acceptors (Lipinski definition) is 4. The second-order valence-electron chi connectivity index (χ2n) is 6.77. The molecule has 0 spiro atoms. The van der Waals surface area contributed by atoms with Gasteiger partial charge in [0.25, 0.3) is 11.8 Å². The van der Waals surface area contributed by atoms with E-state index >= 15 is 0 Å². The normalized spacial score (nSPS) is 11.4. The molecule has 3 aromatic rings. The molecule has 1 N–H and O–H groups in total. The van der Waals surface area contributed by atoms with Gasteiger partial charge < -0.3 is 9.84 Å². The van der Waals surface area contributed by atoms with Crippen LogP contribution in [-0.2, 0) is 5.41 Å². The Kier molecular flexibility index (Phi) is 4.78. The van der Waals surface area contributed by atoms with E-state index in [0.717, 1.165) is 0 Å². The van der Waals surface area contributed by atoms with Gasteiger partial charge in [0.2, 0.25) is 0 Å². The van der Waals surface area contributed by atoms with Crippen molar-refractivity contribution in [2.24, 2.45) is 0 Å². The fourth-order valence-electron chi connectivity index (χ4n) is 2.30. The highest BCUT2D eigenvalue weighted by Gasteiger charge is 2.24. The molecule has 0 aliphatic heterocycles. The first-order chi connectivity index (χ1) is 12.3. The van der Waals surface area contributed by atoms with Crippen molar-refractivity contribution in [2.45, 2.75) is 26.2 Å². The molecule has 0 aliphatic carbocycles. The fourth-order valence-corrected chi connectivity index (χ4v) is 2.47. The number of anilines is 1. The van der Waals surface area contributed by atoms with Crippen LogP contribution >= 0.6 is 11.6 Å². The van der Waals surface area contributed by atoms with Crippen molar-refractivity contribution in [2.75, 3.05) is 5.32 Å². The average Bonchev–Trinajstić information content (AvgIpc) is 3.09. The third-order valence-corrected chi connectivity index (χ3v) is 3.99. The van der Waals surface area contributed by atoms with E-state index in [1.165, 1.54) is 12.1 Å². The zero-order valence-corrected chi connectivity index (χ0v) is 15.3. The molecule has 1 heterocycles. The maximum Gasteiger partial charge on any atom is 0.258 e. The molecular formula is C19H17ClFN3O2. The van der Waals surface area contributed by atoms with E-state index in [-0.39, 0.29) is 27.6 Å². The molecule has 3 rings (SSSR count). The van der Waals surface area contributed by atoms with Gasteiger partial charge in [0.05, 0.1) is 21.8 Å². The van der Waals surface area contributed by atoms with Gasteiger partial charge in [0, 0.05) is 5.41 Å². The molecule has 0 atom stereocenters. The van der Waals surface area contributed by atoms with Gasteiger partial charge in [-0.25, -0.2) is 4.39 Å². The highest BCUT2D eigenvalue weighted by atomic mass is 35.5. The molecule has 0 saturated heterocycles. The number of halogens is 2. The van der Waals surface area contributed by atoms with Gasteiger partial charge >= 0.3 is 0 Å². The van der Waals surface area contributed by atoms with E-state index in [4.69, 9.17) is 16.1 Å². The second-order valence-corrected chi connectivity index (χ2v) is 7.18. The number of aromatic nitrogens is 2. The van der Waals surface area contributed by atoms with Crippen molar-refractivity contribution in [1.82, 2.24) is 10.1 Å². The third-order valence-electron chi connectivity index (χ3n) is 3.70. The predicted molar refractivity (Wildman–Crippen MR) is 97.8 cm³/mol. The van der Waals surface area contributed by atoms with Crippen LogP contribution in [0.4, 0.5) is 10.1 Å². The van der Waals surface area contributed by atoms with Crippen LogP contribution < -0.4 is 5.32 Å².